The maximum atomic E-state index is 8.32. The highest BCUT2D eigenvalue weighted by molar-refractivity contribution is 9.18. The molecule has 0 saturated heterocycles. The van der Waals surface area contributed by atoms with E-state index in [-0.39, 0.29) is 0 Å². The van der Waals surface area contributed by atoms with Gasteiger partial charge in [0.1, 0.15) is 10.7 Å². The second-order valence-electron chi connectivity index (χ2n) is 1.21. The zero-order valence-corrected chi connectivity index (χ0v) is 6.51. The number of hydrogen-bond acceptors (Lipinski definition) is 3. The number of nitrogens with zero attached hydrogens (tertiary/aromatic N) is 2. The van der Waals surface area contributed by atoms with E-state index >= 15 is 0 Å². The van der Waals surface area contributed by atoms with Gasteiger partial charge < -0.3 is 5.73 Å². The number of nitriles is 1. The molecule has 0 aliphatic heterocycles. The van der Waals surface area contributed by atoms with Crippen molar-refractivity contribution in [2.45, 2.75) is 0 Å². The summed E-state index contributed by atoms with van der Waals surface area (Å²) in [5.41, 5.74) is 5.41. The molecule has 0 aromatic rings. The van der Waals surface area contributed by atoms with Gasteiger partial charge in [-0.3, -0.25) is 4.99 Å². The molecule has 2 N–H and O–H groups in total. The molecule has 0 spiro atoms. The van der Waals surface area contributed by atoms with E-state index in [1.807, 2.05) is 6.07 Å². The molecular weight excluding hydrogens is 182 g/mol. The fourth-order valence-corrected chi connectivity index (χ4v) is 0.493. The summed E-state index contributed by atoms with van der Waals surface area (Å²) >= 11 is 3.04. The minimum absolute atomic E-state index is 0.345. The van der Waals surface area contributed by atoms with Crippen LogP contribution in [0.2, 0.25) is 0 Å². The van der Waals surface area contributed by atoms with Crippen molar-refractivity contribution in [3.63, 3.8) is 0 Å². The molecule has 0 aromatic heterocycles. The highest BCUT2D eigenvalue weighted by atomic mass is 79.9. The maximum Gasteiger partial charge on any atom is 0.119 e. The Balaban J connectivity index is 4.39. The van der Waals surface area contributed by atoms with E-state index in [4.69, 9.17) is 11.0 Å². The molecule has 0 aliphatic carbocycles. The molecule has 0 rings (SSSR count). The van der Waals surface area contributed by atoms with Crippen molar-refractivity contribution < 1.29 is 0 Å². The standard InChI is InChI=1S/C5H6BrN3/c1-9-5(6)4(2-7)3-8/h2H,7H2,1H3/b4-2-,9-5?. The molecule has 48 valence electrons. The Bertz CT molecular complexity index is 187. The monoisotopic (exact) mass is 187 g/mol. The van der Waals surface area contributed by atoms with Crippen molar-refractivity contribution >= 4 is 20.6 Å². The van der Waals surface area contributed by atoms with E-state index < -0.39 is 0 Å². The molecule has 9 heavy (non-hydrogen) atoms. The number of allylic oxidation sites excluding steroid dienone is 1. The predicted molar refractivity (Wildman–Crippen MR) is 40.2 cm³/mol. The highest BCUT2D eigenvalue weighted by Gasteiger charge is 1.97. The average Bonchev–Trinajstić information content (AvgIpc) is 1.90. The minimum Gasteiger partial charge on any atom is -0.403 e. The van der Waals surface area contributed by atoms with Gasteiger partial charge in [0, 0.05) is 13.2 Å². The summed E-state index contributed by atoms with van der Waals surface area (Å²) in [7, 11) is 1.57. The van der Waals surface area contributed by atoms with Crippen LogP contribution in [0.5, 0.6) is 0 Å². The molecule has 0 heterocycles. The average molecular weight is 188 g/mol. The Morgan fingerprint density at radius 1 is 1.89 bits per heavy atom. The van der Waals surface area contributed by atoms with Crippen LogP contribution in [0.3, 0.4) is 0 Å². The van der Waals surface area contributed by atoms with E-state index in [2.05, 4.69) is 20.9 Å². The fraction of sp³-hybridized carbons (Fsp3) is 0.200. The molecule has 0 bridgehead atoms. The van der Waals surface area contributed by atoms with Crippen molar-refractivity contribution in [3.8, 4) is 6.07 Å². The SMILES string of the molecule is CN=C(Br)/C(C#N)=C\N. The molecule has 0 aromatic carbocycles. The van der Waals surface area contributed by atoms with Gasteiger partial charge in [0.2, 0.25) is 0 Å². The zero-order chi connectivity index (χ0) is 7.28. The first kappa shape index (κ1) is 8.18. The first-order valence-corrected chi connectivity index (χ1v) is 3.00. The molecule has 0 atom stereocenters. The lowest BCUT2D eigenvalue weighted by Gasteiger charge is -1.88. The van der Waals surface area contributed by atoms with Gasteiger partial charge in [-0.1, -0.05) is 0 Å². The second-order valence-corrected chi connectivity index (χ2v) is 1.96. The number of aliphatic imine (C=N–C) groups is 1. The van der Waals surface area contributed by atoms with Gasteiger partial charge in [0.05, 0.1) is 5.57 Å². The van der Waals surface area contributed by atoms with Crippen LogP contribution in [-0.2, 0) is 0 Å². The largest absolute Gasteiger partial charge is 0.403 e. The third-order valence-corrected chi connectivity index (χ3v) is 1.49. The maximum absolute atomic E-state index is 8.32. The minimum atomic E-state index is 0.345. The number of hydrogen-bond donors (Lipinski definition) is 1. The Labute approximate surface area is 62.0 Å². The first-order chi connectivity index (χ1) is 4.26. The van der Waals surface area contributed by atoms with Crippen molar-refractivity contribution in [2.24, 2.45) is 10.7 Å². The highest BCUT2D eigenvalue weighted by Crippen LogP contribution is 2.00. The van der Waals surface area contributed by atoms with Crippen molar-refractivity contribution in [2.75, 3.05) is 7.05 Å². The molecule has 0 aliphatic rings. The van der Waals surface area contributed by atoms with Gasteiger partial charge >= 0.3 is 0 Å². The van der Waals surface area contributed by atoms with E-state index in [9.17, 15) is 0 Å². The molecule has 0 fully saturated rings. The summed E-state index contributed by atoms with van der Waals surface area (Å²) in [5.74, 6) is 0. The van der Waals surface area contributed by atoms with E-state index in [1.165, 1.54) is 6.20 Å². The first-order valence-electron chi connectivity index (χ1n) is 2.21. The van der Waals surface area contributed by atoms with Crippen LogP contribution in [0.15, 0.2) is 16.8 Å². The van der Waals surface area contributed by atoms with Gasteiger partial charge in [-0.05, 0) is 15.9 Å². The molecule has 0 radical (unpaired) electrons. The summed E-state index contributed by atoms with van der Waals surface area (Å²) in [6, 6.07) is 1.86. The number of rotatable bonds is 1. The van der Waals surface area contributed by atoms with Crippen LogP contribution in [0.25, 0.3) is 0 Å². The molecular formula is C5H6BrN3. The molecule has 0 saturated carbocycles. The lowest BCUT2D eigenvalue weighted by atomic mass is 10.3. The van der Waals surface area contributed by atoms with Crippen molar-refractivity contribution in [3.05, 3.63) is 11.8 Å². The normalized spacial score (nSPS) is 13.0. The zero-order valence-electron chi connectivity index (χ0n) is 4.93. The summed E-state index contributed by atoms with van der Waals surface area (Å²) in [6.45, 7) is 0. The summed E-state index contributed by atoms with van der Waals surface area (Å²) in [5, 5.41) is 8.32. The van der Waals surface area contributed by atoms with E-state index in [0.717, 1.165) is 0 Å². The van der Waals surface area contributed by atoms with Crippen LogP contribution < -0.4 is 5.73 Å². The predicted octanol–water partition coefficient (Wildman–Crippen LogP) is 0.776. The molecule has 0 unspecified atom stereocenters. The Hall–Kier alpha value is -0.820. The van der Waals surface area contributed by atoms with Crippen molar-refractivity contribution in [1.29, 1.82) is 5.26 Å². The van der Waals surface area contributed by atoms with Gasteiger partial charge in [0.15, 0.2) is 0 Å². The quantitative estimate of drug-likeness (QED) is 0.488. The van der Waals surface area contributed by atoms with Gasteiger partial charge in [0.25, 0.3) is 0 Å². The number of halogens is 1. The van der Waals surface area contributed by atoms with E-state index in [0.29, 0.717) is 10.2 Å². The van der Waals surface area contributed by atoms with Crippen LogP contribution in [0.4, 0.5) is 0 Å². The Morgan fingerprint density at radius 2 is 2.44 bits per heavy atom. The third kappa shape index (κ3) is 2.29. The summed E-state index contributed by atoms with van der Waals surface area (Å²) in [6.07, 6.45) is 1.21. The Kier molecular flexibility index (Phi) is 3.72. The Morgan fingerprint density at radius 3 is 2.56 bits per heavy atom. The number of nitrogens with two attached hydrogens (primary N) is 1. The third-order valence-electron chi connectivity index (χ3n) is 0.706. The summed E-state index contributed by atoms with van der Waals surface area (Å²) in [4.78, 5) is 3.69. The van der Waals surface area contributed by atoms with Crippen LogP contribution in [-0.4, -0.2) is 11.7 Å². The van der Waals surface area contributed by atoms with Gasteiger partial charge in [-0.2, -0.15) is 5.26 Å². The van der Waals surface area contributed by atoms with Gasteiger partial charge in [-0.25, -0.2) is 0 Å². The topological polar surface area (TPSA) is 62.2 Å². The van der Waals surface area contributed by atoms with Crippen molar-refractivity contribution in [1.82, 2.24) is 0 Å². The lowest BCUT2D eigenvalue weighted by Crippen LogP contribution is -1.94. The fourth-order valence-electron chi connectivity index (χ4n) is 0.273. The van der Waals surface area contributed by atoms with Crippen LogP contribution in [0.1, 0.15) is 0 Å². The molecule has 4 heteroatoms. The smallest absolute Gasteiger partial charge is 0.119 e. The van der Waals surface area contributed by atoms with Gasteiger partial charge in [-0.15, -0.1) is 0 Å². The lowest BCUT2D eigenvalue weighted by molar-refractivity contribution is 1.43. The van der Waals surface area contributed by atoms with Crippen LogP contribution >= 0.6 is 15.9 Å². The summed E-state index contributed by atoms with van der Waals surface area (Å²) < 4.78 is 0.479. The second kappa shape index (κ2) is 4.10. The van der Waals surface area contributed by atoms with E-state index in [1.54, 1.807) is 7.05 Å². The molecule has 3 nitrogen and oxygen atoms in total. The molecule has 0 amide bonds. The van der Waals surface area contributed by atoms with Crippen LogP contribution in [0, 0.1) is 11.3 Å².